The fourth-order valence-electron chi connectivity index (χ4n) is 1.96. The van der Waals surface area contributed by atoms with Crippen molar-refractivity contribution in [1.82, 2.24) is 9.80 Å². The molecule has 1 heterocycles. The highest BCUT2D eigenvalue weighted by Gasteiger charge is 2.39. The molecular formula is C11H22F2N2O. The monoisotopic (exact) mass is 236 g/mol. The second-order valence-electron chi connectivity index (χ2n) is 5.52. The van der Waals surface area contributed by atoms with Crippen molar-refractivity contribution in [1.29, 1.82) is 0 Å². The quantitative estimate of drug-likeness (QED) is 0.784. The Morgan fingerprint density at radius 1 is 1.00 bits per heavy atom. The van der Waals surface area contributed by atoms with Crippen molar-refractivity contribution in [3.63, 3.8) is 0 Å². The summed E-state index contributed by atoms with van der Waals surface area (Å²) in [6, 6.07) is 0. The highest BCUT2D eigenvalue weighted by Crippen LogP contribution is 2.23. The molecule has 96 valence electrons. The molecular weight excluding hydrogens is 214 g/mol. The summed E-state index contributed by atoms with van der Waals surface area (Å²) in [5.41, 5.74) is 0.0613. The molecule has 0 aromatic carbocycles. The molecule has 0 aromatic heterocycles. The number of halogens is 2. The van der Waals surface area contributed by atoms with Gasteiger partial charge < -0.3 is 5.11 Å². The summed E-state index contributed by atoms with van der Waals surface area (Å²) in [6.07, 6.45) is -1.66. The normalized spacial score (nSPS) is 23.4. The lowest BCUT2D eigenvalue weighted by Gasteiger charge is -2.44. The molecule has 0 aromatic rings. The number of rotatable bonds is 2. The summed E-state index contributed by atoms with van der Waals surface area (Å²) >= 11 is 0. The Balaban J connectivity index is 2.50. The lowest BCUT2D eigenvalue weighted by atomic mass is 10.0. The van der Waals surface area contributed by atoms with Crippen LogP contribution in [0.25, 0.3) is 0 Å². The summed E-state index contributed by atoms with van der Waals surface area (Å²) in [6.45, 7) is 9.49. The van der Waals surface area contributed by atoms with E-state index in [1.165, 1.54) is 4.90 Å². The first-order valence-electron chi connectivity index (χ1n) is 5.67. The van der Waals surface area contributed by atoms with Crippen LogP contribution in [0.15, 0.2) is 0 Å². The van der Waals surface area contributed by atoms with Gasteiger partial charge in [-0.15, -0.1) is 0 Å². The Labute approximate surface area is 96.0 Å². The van der Waals surface area contributed by atoms with E-state index in [0.717, 1.165) is 20.0 Å². The minimum atomic E-state index is -3.05. The molecule has 1 fully saturated rings. The Kier molecular flexibility index (Phi) is 3.92. The van der Waals surface area contributed by atoms with Crippen molar-refractivity contribution in [3.05, 3.63) is 0 Å². The van der Waals surface area contributed by atoms with E-state index in [0.29, 0.717) is 13.1 Å². The van der Waals surface area contributed by atoms with Gasteiger partial charge in [0.1, 0.15) is 0 Å². The first-order chi connectivity index (χ1) is 7.12. The van der Waals surface area contributed by atoms with Crippen LogP contribution in [-0.2, 0) is 0 Å². The van der Waals surface area contributed by atoms with Crippen molar-refractivity contribution in [2.75, 3.05) is 26.2 Å². The van der Waals surface area contributed by atoms with Gasteiger partial charge in [0.05, 0.1) is 0 Å². The van der Waals surface area contributed by atoms with Crippen molar-refractivity contribution in [2.45, 2.75) is 45.4 Å². The van der Waals surface area contributed by atoms with Gasteiger partial charge in [-0.1, -0.05) is 0 Å². The SMILES string of the molecule is CC(F)(F)C(O)N1CCN(C(C)(C)C)CC1. The number of hydrogen-bond acceptors (Lipinski definition) is 3. The molecule has 1 aliphatic heterocycles. The topological polar surface area (TPSA) is 26.7 Å². The Bertz CT molecular complexity index is 227. The fourth-order valence-corrected chi connectivity index (χ4v) is 1.96. The van der Waals surface area contributed by atoms with Gasteiger partial charge in [0.25, 0.3) is 5.92 Å². The zero-order valence-electron chi connectivity index (χ0n) is 10.5. The third-order valence-electron chi connectivity index (χ3n) is 3.06. The third-order valence-corrected chi connectivity index (χ3v) is 3.06. The molecule has 0 radical (unpaired) electrons. The first kappa shape index (κ1) is 13.8. The number of nitrogens with zero attached hydrogens (tertiary/aromatic N) is 2. The third kappa shape index (κ3) is 3.37. The first-order valence-corrected chi connectivity index (χ1v) is 5.67. The molecule has 1 N–H and O–H groups in total. The number of hydrogen-bond donors (Lipinski definition) is 1. The number of aliphatic hydroxyl groups is 1. The van der Waals surface area contributed by atoms with Crippen LogP contribution in [0.4, 0.5) is 8.78 Å². The van der Waals surface area contributed by atoms with Gasteiger partial charge in [-0.05, 0) is 20.8 Å². The molecule has 1 unspecified atom stereocenters. The van der Waals surface area contributed by atoms with E-state index in [1.54, 1.807) is 0 Å². The zero-order chi connectivity index (χ0) is 12.6. The highest BCUT2D eigenvalue weighted by atomic mass is 19.3. The summed E-state index contributed by atoms with van der Waals surface area (Å²) in [4.78, 5) is 3.69. The van der Waals surface area contributed by atoms with E-state index in [9.17, 15) is 13.9 Å². The lowest BCUT2D eigenvalue weighted by Crippen LogP contribution is -2.58. The van der Waals surface area contributed by atoms with Crippen LogP contribution in [0.1, 0.15) is 27.7 Å². The van der Waals surface area contributed by atoms with E-state index in [2.05, 4.69) is 25.7 Å². The van der Waals surface area contributed by atoms with Gasteiger partial charge in [0.15, 0.2) is 6.23 Å². The lowest BCUT2D eigenvalue weighted by molar-refractivity contribution is -0.174. The van der Waals surface area contributed by atoms with Crippen LogP contribution in [0.2, 0.25) is 0 Å². The molecule has 1 atom stereocenters. The molecule has 0 aliphatic carbocycles. The predicted molar refractivity (Wildman–Crippen MR) is 59.5 cm³/mol. The van der Waals surface area contributed by atoms with Gasteiger partial charge in [-0.25, -0.2) is 8.78 Å². The molecule has 0 spiro atoms. The Hall–Kier alpha value is -0.260. The van der Waals surface area contributed by atoms with E-state index >= 15 is 0 Å². The highest BCUT2D eigenvalue weighted by molar-refractivity contribution is 4.84. The van der Waals surface area contributed by atoms with Gasteiger partial charge in [0, 0.05) is 38.6 Å². The van der Waals surface area contributed by atoms with Crippen LogP contribution in [-0.4, -0.2) is 58.8 Å². The zero-order valence-corrected chi connectivity index (χ0v) is 10.5. The summed E-state index contributed by atoms with van der Waals surface area (Å²) in [7, 11) is 0. The standard InChI is InChI=1S/C11H22F2N2O/c1-10(2,3)15-7-5-14(6-8-15)9(16)11(4,12)13/h9,16H,5-8H2,1-4H3. The number of alkyl halides is 2. The van der Waals surface area contributed by atoms with Crippen molar-refractivity contribution < 1.29 is 13.9 Å². The van der Waals surface area contributed by atoms with Crippen LogP contribution < -0.4 is 0 Å². The Morgan fingerprint density at radius 2 is 1.44 bits per heavy atom. The Morgan fingerprint density at radius 3 is 1.75 bits per heavy atom. The molecule has 0 amide bonds. The summed E-state index contributed by atoms with van der Waals surface area (Å²) < 4.78 is 25.9. The van der Waals surface area contributed by atoms with Crippen molar-refractivity contribution in [3.8, 4) is 0 Å². The molecule has 16 heavy (non-hydrogen) atoms. The summed E-state index contributed by atoms with van der Waals surface area (Å²) in [5.74, 6) is -3.05. The number of piperazine rings is 1. The maximum atomic E-state index is 12.9. The van der Waals surface area contributed by atoms with E-state index in [1.807, 2.05) is 0 Å². The van der Waals surface area contributed by atoms with Crippen LogP contribution in [0.3, 0.4) is 0 Å². The van der Waals surface area contributed by atoms with Crippen molar-refractivity contribution in [2.24, 2.45) is 0 Å². The maximum absolute atomic E-state index is 12.9. The fraction of sp³-hybridized carbons (Fsp3) is 1.00. The van der Waals surface area contributed by atoms with Gasteiger partial charge in [-0.3, -0.25) is 9.80 Å². The van der Waals surface area contributed by atoms with E-state index in [-0.39, 0.29) is 5.54 Å². The second kappa shape index (κ2) is 4.55. The van der Waals surface area contributed by atoms with Crippen LogP contribution in [0, 0.1) is 0 Å². The van der Waals surface area contributed by atoms with E-state index < -0.39 is 12.2 Å². The predicted octanol–water partition coefficient (Wildman–Crippen LogP) is 1.38. The van der Waals surface area contributed by atoms with Crippen LogP contribution in [0.5, 0.6) is 0 Å². The summed E-state index contributed by atoms with van der Waals surface area (Å²) in [5, 5.41) is 9.46. The molecule has 0 bridgehead atoms. The molecule has 0 saturated carbocycles. The minimum Gasteiger partial charge on any atom is -0.372 e. The molecule has 3 nitrogen and oxygen atoms in total. The molecule has 1 saturated heterocycles. The molecule has 1 rings (SSSR count). The molecule has 5 heteroatoms. The average molecular weight is 236 g/mol. The van der Waals surface area contributed by atoms with Crippen molar-refractivity contribution >= 4 is 0 Å². The van der Waals surface area contributed by atoms with E-state index in [4.69, 9.17) is 0 Å². The average Bonchev–Trinajstić information content (AvgIpc) is 2.14. The van der Waals surface area contributed by atoms with Crippen LogP contribution >= 0.6 is 0 Å². The largest absolute Gasteiger partial charge is 0.372 e. The minimum absolute atomic E-state index is 0.0613. The molecule has 1 aliphatic rings. The van der Waals surface area contributed by atoms with Gasteiger partial charge in [-0.2, -0.15) is 0 Å². The smallest absolute Gasteiger partial charge is 0.284 e. The second-order valence-corrected chi connectivity index (χ2v) is 5.52. The number of aliphatic hydroxyl groups excluding tert-OH is 1. The van der Waals surface area contributed by atoms with Gasteiger partial charge >= 0.3 is 0 Å². The maximum Gasteiger partial charge on any atom is 0.284 e. The van der Waals surface area contributed by atoms with Gasteiger partial charge in [0.2, 0.25) is 0 Å².